The zero-order valence-corrected chi connectivity index (χ0v) is 20.8. The largest absolute Gasteiger partial charge is 0.393 e. The Bertz CT molecular complexity index is 697. The first-order valence-corrected chi connectivity index (χ1v) is 13.2. The van der Waals surface area contributed by atoms with Crippen LogP contribution in [0.4, 0.5) is 0 Å². The molecular formula is C29H48O. The Morgan fingerprint density at radius 1 is 1.10 bits per heavy atom. The Morgan fingerprint density at radius 2 is 1.87 bits per heavy atom. The zero-order chi connectivity index (χ0) is 21.7. The minimum Gasteiger partial charge on any atom is -0.393 e. The maximum Gasteiger partial charge on any atom is 0.0577 e. The molecule has 30 heavy (non-hydrogen) atoms. The summed E-state index contributed by atoms with van der Waals surface area (Å²) in [5.74, 6) is 4.47. The van der Waals surface area contributed by atoms with Crippen molar-refractivity contribution in [2.45, 2.75) is 118 Å². The number of aliphatic hydroxyl groups excluding tert-OH is 1. The fourth-order valence-corrected chi connectivity index (χ4v) is 9.00. The van der Waals surface area contributed by atoms with Crippen molar-refractivity contribution in [2.75, 3.05) is 0 Å². The van der Waals surface area contributed by atoms with Gasteiger partial charge >= 0.3 is 0 Å². The predicted molar refractivity (Wildman–Crippen MR) is 128 cm³/mol. The third-order valence-electron chi connectivity index (χ3n) is 10.9. The van der Waals surface area contributed by atoms with E-state index in [1.807, 2.05) is 0 Å². The lowest BCUT2D eigenvalue weighted by molar-refractivity contribution is -0.0571. The van der Waals surface area contributed by atoms with Crippen molar-refractivity contribution >= 4 is 0 Å². The summed E-state index contributed by atoms with van der Waals surface area (Å²) < 4.78 is 0. The first kappa shape index (κ1) is 22.6. The van der Waals surface area contributed by atoms with E-state index in [1.54, 1.807) is 16.7 Å². The van der Waals surface area contributed by atoms with Crippen LogP contribution >= 0.6 is 0 Å². The molecule has 0 aromatic rings. The van der Waals surface area contributed by atoms with Crippen LogP contribution in [0.15, 0.2) is 22.8 Å². The van der Waals surface area contributed by atoms with Gasteiger partial charge in [-0.05, 0) is 125 Å². The maximum atomic E-state index is 10.2. The lowest BCUT2D eigenvalue weighted by atomic mass is 9.47. The summed E-state index contributed by atoms with van der Waals surface area (Å²) in [6, 6.07) is 0. The minimum absolute atomic E-state index is 0.0831. The summed E-state index contributed by atoms with van der Waals surface area (Å²) in [4.78, 5) is 0. The van der Waals surface area contributed by atoms with Crippen molar-refractivity contribution in [2.24, 2.45) is 40.4 Å². The SMILES string of the molecule is CCC(CCC(C)[C@H]1CC[C@H]2[C@@H]3CC=C4C[C@@H](O)CC[C@]4(C)[C@H]3CC[C@]12C)=C(C)C. The van der Waals surface area contributed by atoms with Gasteiger partial charge in [0.2, 0.25) is 0 Å². The molecule has 0 aromatic carbocycles. The van der Waals surface area contributed by atoms with Gasteiger partial charge in [0, 0.05) is 0 Å². The van der Waals surface area contributed by atoms with Gasteiger partial charge in [-0.2, -0.15) is 0 Å². The monoisotopic (exact) mass is 412 g/mol. The molecule has 4 aliphatic rings. The Balaban J connectivity index is 1.49. The summed E-state index contributed by atoms with van der Waals surface area (Å²) in [6.07, 6.45) is 16.7. The fraction of sp³-hybridized carbons (Fsp3) is 0.862. The standard InChI is InChI=1S/C29H48O/c1-7-21(19(2)3)9-8-20(4)25-12-13-26-24-11-10-22-18-23(30)14-16-28(22,5)27(24)15-17-29(25,26)6/h10,20,23-27,30H,7-9,11-18H2,1-6H3/t20?,23-,24-,25+,26-,27-,28-,29+/m0/s1. The van der Waals surface area contributed by atoms with Gasteiger partial charge in [0.15, 0.2) is 0 Å². The Morgan fingerprint density at radius 3 is 2.57 bits per heavy atom. The van der Waals surface area contributed by atoms with E-state index in [4.69, 9.17) is 0 Å². The van der Waals surface area contributed by atoms with Crippen molar-refractivity contribution in [3.63, 3.8) is 0 Å². The molecule has 0 amide bonds. The van der Waals surface area contributed by atoms with Gasteiger partial charge in [0.05, 0.1) is 6.10 Å². The summed E-state index contributed by atoms with van der Waals surface area (Å²) in [7, 11) is 0. The summed E-state index contributed by atoms with van der Waals surface area (Å²) >= 11 is 0. The third-order valence-corrected chi connectivity index (χ3v) is 10.9. The molecule has 1 unspecified atom stereocenters. The van der Waals surface area contributed by atoms with Crippen LogP contribution in [-0.2, 0) is 0 Å². The Hall–Kier alpha value is -0.560. The van der Waals surface area contributed by atoms with Crippen molar-refractivity contribution in [3.8, 4) is 0 Å². The molecule has 8 atom stereocenters. The van der Waals surface area contributed by atoms with Gasteiger partial charge in [-0.25, -0.2) is 0 Å². The molecular weight excluding hydrogens is 364 g/mol. The van der Waals surface area contributed by atoms with Crippen LogP contribution in [0.3, 0.4) is 0 Å². The van der Waals surface area contributed by atoms with E-state index >= 15 is 0 Å². The van der Waals surface area contributed by atoms with Crippen LogP contribution in [0, 0.1) is 40.4 Å². The lowest BCUT2D eigenvalue weighted by Gasteiger charge is -2.58. The van der Waals surface area contributed by atoms with Gasteiger partial charge in [-0.1, -0.05) is 50.5 Å². The smallest absolute Gasteiger partial charge is 0.0577 e. The second kappa shape index (κ2) is 8.42. The van der Waals surface area contributed by atoms with E-state index in [1.165, 1.54) is 57.8 Å². The van der Waals surface area contributed by atoms with Gasteiger partial charge in [0.1, 0.15) is 0 Å². The van der Waals surface area contributed by atoms with Crippen LogP contribution in [0.1, 0.15) is 112 Å². The van der Waals surface area contributed by atoms with Gasteiger partial charge in [-0.3, -0.25) is 0 Å². The van der Waals surface area contributed by atoms with Crippen molar-refractivity contribution in [1.29, 1.82) is 0 Å². The van der Waals surface area contributed by atoms with E-state index in [0.717, 1.165) is 42.4 Å². The first-order chi connectivity index (χ1) is 14.2. The lowest BCUT2D eigenvalue weighted by Crippen LogP contribution is -2.50. The average molecular weight is 413 g/mol. The van der Waals surface area contributed by atoms with Crippen LogP contribution in [0.25, 0.3) is 0 Å². The minimum atomic E-state index is -0.0831. The van der Waals surface area contributed by atoms with E-state index in [0.29, 0.717) is 10.8 Å². The van der Waals surface area contributed by atoms with E-state index < -0.39 is 0 Å². The Kier molecular flexibility index (Phi) is 6.35. The highest BCUT2D eigenvalue weighted by Gasteiger charge is 2.59. The quantitative estimate of drug-likeness (QED) is 0.452. The summed E-state index contributed by atoms with van der Waals surface area (Å²) in [5, 5.41) is 10.2. The van der Waals surface area contributed by atoms with E-state index in [-0.39, 0.29) is 6.10 Å². The molecule has 0 heterocycles. The van der Waals surface area contributed by atoms with Crippen molar-refractivity contribution in [3.05, 3.63) is 22.8 Å². The third kappa shape index (κ3) is 3.66. The van der Waals surface area contributed by atoms with E-state index in [2.05, 4.69) is 47.6 Å². The van der Waals surface area contributed by atoms with Crippen LogP contribution in [0.5, 0.6) is 0 Å². The maximum absolute atomic E-state index is 10.2. The van der Waals surface area contributed by atoms with Crippen molar-refractivity contribution in [1.82, 2.24) is 0 Å². The summed E-state index contributed by atoms with van der Waals surface area (Å²) in [5.41, 5.74) is 5.81. The molecule has 0 bridgehead atoms. The van der Waals surface area contributed by atoms with Gasteiger partial charge in [0.25, 0.3) is 0 Å². The number of hydrogen-bond acceptors (Lipinski definition) is 1. The molecule has 4 aliphatic carbocycles. The number of fused-ring (bicyclic) bond motifs is 5. The number of rotatable bonds is 5. The molecule has 1 nitrogen and oxygen atoms in total. The molecule has 1 heteroatoms. The zero-order valence-electron chi connectivity index (χ0n) is 20.8. The fourth-order valence-electron chi connectivity index (χ4n) is 9.00. The normalized spacial score (nSPS) is 43.8. The second-order valence-electron chi connectivity index (χ2n) is 12.4. The summed E-state index contributed by atoms with van der Waals surface area (Å²) in [6.45, 7) is 14.8. The molecule has 4 rings (SSSR count). The number of aliphatic hydroxyl groups is 1. The predicted octanol–water partition coefficient (Wildman–Crippen LogP) is 8.09. The van der Waals surface area contributed by atoms with Gasteiger partial charge in [-0.15, -0.1) is 0 Å². The highest BCUT2D eigenvalue weighted by molar-refractivity contribution is 5.25. The molecule has 0 aromatic heterocycles. The second-order valence-corrected chi connectivity index (χ2v) is 12.4. The van der Waals surface area contributed by atoms with Crippen molar-refractivity contribution < 1.29 is 5.11 Å². The number of hydrogen-bond donors (Lipinski definition) is 1. The molecule has 0 radical (unpaired) electrons. The molecule has 170 valence electrons. The van der Waals surface area contributed by atoms with Crippen LogP contribution in [0.2, 0.25) is 0 Å². The highest BCUT2D eigenvalue weighted by Crippen LogP contribution is 2.67. The molecule has 1 N–H and O–H groups in total. The first-order valence-electron chi connectivity index (χ1n) is 13.2. The van der Waals surface area contributed by atoms with Crippen LogP contribution < -0.4 is 0 Å². The number of allylic oxidation sites excluding steroid dienone is 3. The van der Waals surface area contributed by atoms with E-state index in [9.17, 15) is 5.11 Å². The van der Waals surface area contributed by atoms with Crippen LogP contribution in [-0.4, -0.2) is 11.2 Å². The molecule has 3 fully saturated rings. The molecule has 0 aliphatic heterocycles. The Labute approximate surface area is 186 Å². The van der Waals surface area contributed by atoms with Gasteiger partial charge < -0.3 is 5.11 Å². The topological polar surface area (TPSA) is 20.2 Å². The molecule has 0 saturated heterocycles. The average Bonchev–Trinajstić information content (AvgIpc) is 3.06. The molecule has 3 saturated carbocycles. The molecule has 0 spiro atoms. The highest BCUT2D eigenvalue weighted by atomic mass is 16.3.